The van der Waals surface area contributed by atoms with E-state index in [2.05, 4.69) is 15.2 Å². The van der Waals surface area contributed by atoms with Crippen molar-refractivity contribution >= 4 is 5.91 Å². The summed E-state index contributed by atoms with van der Waals surface area (Å²) >= 11 is 0. The molecule has 2 aromatic heterocycles. The molecule has 25 heavy (non-hydrogen) atoms. The van der Waals surface area contributed by atoms with E-state index in [-0.39, 0.29) is 5.91 Å². The van der Waals surface area contributed by atoms with Gasteiger partial charge in [0.05, 0.1) is 5.69 Å². The number of aromatic nitrogens is 4. The predicted molar refractivity (Wildman–Crippen MR) is 91.0 cm³/mol. The number of carbonyl (C=O) groups is 1. The van der Waals surface area contributed by atoms with Crippen molar-refractivity contribution in [3.63, 3.8) is 0 Å². The van der Waals surface area contributed by atoms with Crippen molar-refractivity contribution in [3.8, 4) is 0 Å². The number of nitrogens with zero attached hydrogens (tertiary/aromatic N) is 5. The summed E-state index contributed by atoms with van der Waals surface area (Å²) in [5.74, 6) is 2.81. The maximum absolute atomic E-state index is 12.5. The monoisotopic (exact) mass is 343 g/mol. The largest absolute Gasteiger partial charge is 0.341 e. The molecular weight excluding hydrogens is 318 g/mol. The third-order valence-electron chi connectivity index (χ3n) is 5.21. The summed E-state index contributed by atoms with van der Waals surface area (Å²) in [6, 6.07) is 2.00. The zero-order valence-electron chi connectivity index (χ0n) is 14.9. The highest BCUT2D eigenvalue weighted by Crippen LogP contribution is 2.38. The highest BCUT2D eigenvalue weighted by Gasteiger charge is 2.30. The summed E-state index contributed by atoms with van der Waals surface area (Å²) in [4.78, 5) is 19.0. The topological polar surface area (TPSA) is 77.0 Å². The van der Waals surface area contributed by atoms with Crippen LogP contribution in [0.25, 0.3) is 0 Å². The van der Waals surface area contributed by atoms with Crippen LogP contribution in [0, 0.1) is 19.8 Å². The van der Waals surface area contributed by atoms with Crippen LogP contribution in [-0.2, 0) is 17.8 Å². The minimum Gasteiger partial charge on any atom is -0.341 e. The average Bonchev–Trinajstić information content (AvgIpc) is 3.01. The van der Waals surface area contributed by atoms with Crippen LogP contribution in [0.3, 0.4) is 0 Å². The summed E-state index contributed by atoms with van der Waals surface area (Å²) in [5.41, 5.74) is 1.99. The van der Waals surface area contributed by atoms with Gasteiger partial charge in [-0.2, -0.15) is 10.1 Å². The average molecular weight is 343 g/mol. The second-order valence-corrected chi connectivity index (χ2v) is 7.44. The summed E-state index contributed by atoms with van der Waals surface area (Å²) < 4.78 is 7.10. The molecule has 4 rings (SSSR count). The Labute approximate surface area is 147 Å². The van der Waals surface area contributed by atoms with Gasteiger partial charge in [-0.1, -0.05) is 5.16 Å². The molecule has 2 aliphatic rings. The summed E-state index contributed by atoms with van der Waals surface area (Å²) in [7, 11) is 0. The predicted octanol–water partition coefficient (Wildman–Crippen LogP) is 2.24. The van der Waals surface area contributed by atoms with Crippen LogP contribution >= 0.6 is 0 Å². The maximum Gasteiger partial charge on any atom is 0.244 e. The van der Waals surface area contributed by atoms with Crippen molar-refractivity contribution in [2.45, 2.75) is 58.4 Å². The van der Waals surface area contributed by atoms with E-state index >= 15 is 0 Å². The quantitative estimate of drug-likeness (QED) is 0.804. The van der Waals surface area contributed by atoms with Crippen molar-refractivity contribution in [2.75, 3.05) is 13.1 Å². The Balaban J connectivity index is 1.25. The molecule has 0 spiro atoms. The number of amides is 1. The minimum atomic E-state index is 0.157. The molecule has 0 bridgehead atoms. The van der Waals surface area contributed by atoms with Crippen LogP contribution in [0.15, 0.2) is 10.6 Å². The normalized spacial score (nSPS) is 20.4. The van der Waals surface area contributed by atoms with E-state index in [4.69, 9.17) is 4.52 Å². The molecule has 1 atom stereocenters. The molecule has 3 heterocycles. The molecule has 2 fully saturated rings. The van der Waals surface area contributed by atoms with Crippen LogP contribution in [0.5, 0.6) is 0 Å². The first kappa shape index (κ1) is 16.3. The Morgan fingerprint density at radius 2 is 2.16 bits per heavy atom. The van der Waals surface area contributed by atoms with Crippen LogP contribution < -0.4 is 0 Å². The summed E-state index contributed by atoms with van der Waals surface area (Å²) in [6.07, 6.45) is 5.25. The molecule has 0 radical (unpaired) electrons. The fourth-order valence-electron chi connectivity index (χ4n) is 3.56. The second kappa shape index (κ2) is 6.61. The van der Waals surface area contributed by atoms with Gasteiger partial charge in [0.15, 0.2) is 5.82 Å². The molecule has 1 aliphatic carbocycles. The van der Waals surface area contributed by atoms with Gasteiger partial charge in [-0.3, -0.25) is 9.48 Å². The van der Waals surface area contributed by atoms with Gasteiger partial charge < -0.3 is 9.42 Å². The Morgan fingerprint density at radius 3 is 2.88 bits per heavy atom. The number of hydrogen-bond donors (Lipinski definition) is 0. The summed E-state index contributed by atoms with van der Waals surface area (Å²) in [6.45, 7) is 5.93. The molecule has 1 saturated heterocycles. The third-order valence-corrected chi connectivity index (χ3v) is 5.21. The highest BCUT2D eigenvalue weighted by molar-refractivity contribution is 5.76. The van der Waals surface area contributed by atoms with Gasteiger partial charge in [0.25, 0.3) is 0 Å². The van der Waals surface area contributed by atoms with Gasteiger partial charge in [-0.15, -0.1) is 0 Å². The van der Waals surface area contributed by atoms with E-state index in [1.54, 1.807) is 4.68 Å². The van der Waals surface area contributed by atoms with Crippen LogP contribution in [0.4, 0.5) is 0 Å². The zero-order chi connectivity index (χ0) is 17.4. The number of carbonyl (C=O) groups excluding carboxylic acids is 1. The molecule has 1 saturated carbocycles. The lowest BCUT2D eigenvalue weighted by Crippen LogP contribution is -2.32. The van der Waals surface area contributed by atoms with Gasteiger partial charge in [0, 0.05) is 31.1 Å². The molecular formula is C18H25N5O2. The van der Waals surface area contributed by atoms with Crippen molar-refractivity contribution in [3.05, 3.63) is 29.2 Å². The molecule has 0 N–H and O–H groups in total. The van der Waals surface area contributed by atoms with Crippen LogP contribution in [0.1, 0.15) is 54.7 Å². The van der Waals surface area contributed by atoms with Gasteiger partial charge in [0.1, 0.15) is 6.54 Å². The Bertz CT molecular complexity index is 761. The second-order valence-electron chi connectivity index (χ2n) is 7.44. The molecule has 0 aromatic carbocycles. The maximum atomic E-state index is 12.5. The number of likely N-dealkylation sites (tertiary alicyclic amines) is 1. The smallest absolute Gasteiger partial charge is 0.244 e. The Kier molecular flexibility index (Phi) is 4.31. The summed E-state index contributed by atoms with van der Waals surface area (Å²) in [5, 5.41) is 8.46. The van der Waals surface area contributed by atoms with Gasteiger partial charge in [-0.25, -0.2) is 0 Å². The van der Waals surface area contributed by atoms with Crippen molar-refractivity contribution < 1.29 is 9.32 Å². The Morgan fingerprint density at radius 1 is 1.32 bits per heavy atom. The Hall–Kier alpha value is -2.18. The molecule has 2 aromatic rings. The van der Waals surface area contributed by atoms with E-state index in [1.807, 2.05) is 24.8 Å². The fraction of sp³-hybridized carbons (Fsp3) is 0.667. The first-order valence-corrected chi connectivity index (χ1v) is 9.20. The van der Waals surface area contributed by atoms with E-state index < -0.39 is 0 Å². The van der Waals surface area contributed by atoms with Gasteiger partial charge >= 0.3 is 0 Å². The van der Waals surface area contributed by atoms with Crippen molar-refractivity contribution in [2.24, 2.45) is 5.92 Å². The van der Waals surface area contributed by atoms with Crippen molar-refractivity contribution in [1.29, 1.82) is 0 Å². The van der Waals surface area contributed by atoms with Gasteiger partial charge in [0.2, 0.25) is 11.8 Å². The molecule has 134 valence electrons. The van der Waals surface area contributed by atoms with Gasteiger partial charge in [-0.05, 0) is 51.5 Å². The zero-order valence-corrected chi connectivity index (χ0v) is 14.9. The minimum absolute atomic E-state index is 0.157. The van der Waals surface area contributed by atoms with Crippen LogP contribution in [0.2, 0.25) is 0 Å². The SMILES string of the molecule is Cc1cc(C)n(CC(=O)N2CCC(CCc3noc(C4CC4)n3)C2)n1. The van der Waals surface area contributed by atoms with E-state index in [9.17, 15) is 4.79 Å². The standard InChI is InChI=1S/C18H25N5O2/c1-12-9-13(2)23(20-12)11-17(24)22-8-7-14(10-22)3-6-16-19-18(25-21-16)15-4-5-15/h9,14-15H,3-8,10-11H2,1-2H3. The van der Waals surface area contributed by atoms with E-state index in [1.165, 1.54) is 12.8 Å². The third kappa shape index (κ3) is 3.75. The van der Waals surface area contributed by atoms with Crippen LogP contribution in [-0.4, -0.2) is 43.8 Å². The number of rotatable bonds is 6. The molecule has 1 aliphatic heterocycles. The number of hydrogen-bond acceptors (Lipinski definition) is 5. The lowest BCUT2D eigenvalue weighted by Gasteiger charge is -2.17. The lowest BCUT2D eigenvalue weighted by atomic mass is 10.0. The lowest BCUT2D eigenvalue weighted by molar-refractivity contribution is -0.131. The number of aryl methyl sites for hydroxylation is 3. The van der Waals surface area contributed by atoms with E-state index in [0.717, 1.165) is 55.5 Å². The molecule has 7 heteroatoms. The fourth-order valence-corrected chi connectivity index (χ4v) is 3.56. The first-order chi connectivity index (χ1) is 12.1. The molecule has 1 amide bonds. The first-order valence-electron chi connectivity index (χ1n) is 9.20. The molecule has 1 unspecified atom stereocenters. The highest BCUT2D eigenvalue weighted by atomic mass is 16.5. The van der Waals surface area contributed by atoms with E-state index in [0.29, 0.717) is 18.4 Å². The van der Waals surface area contributed by atoms with Crippen molar-refractivity contribution in [1.82, 2.24) is 24.8 Å². The molecule has 7 nitrogen and oxygen atoms in total.